The summed E-state index contributed by atoms with van der Waals surface area (Å²) in [5.74, 6) is 1.48. The molecule has 0 aliphatic carbocycles. The zero-order valence-corrected chi connectivity index (χ0v) is 13.0. The summed E-state index contributed by atoms with van der Waals surface area (Å²) in [7, 11) is 3.79. The van der Waals surface area contributed by atoms with Crippen LogP contribution in [-0.4, -0.2) is 55.2 Å². The van der Waals surface area contributed by atoms with E-state index in [9.17, 15) is 0 Å². The van der Waals surface area contributed by atoms with Gasteiger partial charge in [-0.15, -0.1) is 0 Å². The van der Waals surface area contributed by atoms with E-state index in [1.54, 1.807) is 7.11 Å². The van der Waals surface area contributed by atoms with Crippen LogP contribution in [0.15, 0.2) is 0 Å². The smallest absolute Gasteiger partial charge is 0.228 e. The summed E-state index contributed by atoms with van der Waals surface area (Å²) in [5.41, 5.74) is 2.01. The second-order valence-corrected chi connectivity index (χ2v) is 4.53. The number of nitrogens with zero attached hydrogens (tertiary/aromatic N) is 4. The Morgan fingerprint density at radius 3 is 2.11 bits per heavy atom. The Balaban J connectivity index is 0.000000861. The standard InChI is InChI=1S/C12H20N4O.C2H6/c1-9-10(2)13-12(14-11(9)17-4)16-7-5-15(3)6-8-16;1-2/h5-8H2,1-4H3;1-2H3. The zero-order valence-electron chi connectivity index (χ0n) is 13.0. The monoisotopic (exact) mass is 266 g/mol. The molecule has 0 bridgehead atoms. The number of aryl methyl sites for hydroxylation is 1. The van der Waals surface area contributed by atoms with Crippen molar-refractivity contribution in [3.63, 3.8) is 0 Å². The Morgan fingerprint density at radius 2 is 1.58 bits per heavy atom. The van der Waals surface area contributed by atoms with Crippen molar-refractivity contribution < 1.29 is 4.74 Å². The molecule has 19 heavy (non-hydrogen) atoms. The summed E-state index contributed by atoms with van der Waals surface area (Å²) in [6.07, 6.45) is 0. The highest BCUT2D eigenvalue weighted by Crippen LogP contribution is 2.21. The van der Waals surface area contributed by atoms with Crippen molar-refractivity contribution in [2.24, 2.45) is 0 Å². The fourth-order valence-corrected chi connectivity index (χ4v) is 1.93. The lowest BCUT2D eigenvalue weighted by Gasteiger charge is -2.32. The Kier molecular flexibility index (Phi) is 6.02. The molecule has 0 spiro atoms. The molecule has 1 fully saturated rings. The van der Waals surface area contributed by atoms with Gasteiger partial charge in [-0.1, -0.05) is 13.8 Å². The van der Waals surface area contributed by atoms with Gasteiger partial charge in [-0.25, -0.2) is 4.98 Å². The third-order valence-corrected chi connectivity index (χ3v) is 3.31. The number of rotatable bonds is 2. The van der Waals surface area contributed by atoms with Crippen LogP contribution in [0.5, 0.6) is 5.88 Å². The third-order valence-electron chi connectivity index (χ3n) is 3.31. The molecule has 0 saturated carbocycles. The Labute approximate surface area is 116 Å². The van der Waals surface area contributed by atoms with E-state index >= 15 is 0 Å². The number of likely N-dealkylation sites (N-methyl/N-ethyl adjacent to an activating group) is 1. The van der Waals surface area contributed by atoms with Crippen molar-refractivity contribution in [1.82, 2.24) is 14.9 Å². The van der Waals surface area contributed by atoms with Crippen molar-refractivity contribution in [3.8, 4) is 5.88 Å². The third kappa shape index (κ3) is 3.80. The van der Waals surface area contributed by atoms with Crippen molar-refractivity contribution in [2.45, 2.75) is 27.7 Å². The summed E-state index contributed by atoms with van der Waals surface area (Å²) < 4.78 is 5.29. The largest absolute Gasteiger partial charge is 0.481 e. The Morgan fingerprint density at radius 1 is 1.00 bits per heavy atom. The number of piperazine rings is 1. The highest BCUT2D eigenvalue weighted by atomic mass is 16.5. The van der Waals surface area contributed by atoms with Crippen LogP contribution in [0, 0.1) is 13.8 Å². The molecule has 0 unspecified atom stereocenters. The van der Waals surface area contributed by atoms with E-state index in [4.69, 9.17) is 4.74 Å². The molecule has 0 radical (unpaired) electrons. The molecular formula is C14H26N4O. The Bertz CT molecular complexity index is 401. The molecular weight excluding hydrogens is 240 g/mol. The molecule has 108 valence electrons. The average molecular weight is 266 g/mol. The molecule has 1 aliphatic heterocycles. The first-order valence-corrected chi connectivity index (χ1v) is 6.94. The number of hydrogen-bond donors (Lipinski definition) is 0. The van der Waals surface area contributed by atoms with E-state index in [2.05, 4.69) is 26.8 Å². The first-order chi connectivity index (χ1) is 9.11. The minimum atomic E-state index is 0.687. The van der Waals surface area contributed by atoms with Gasteiger partial charge in [0.1, 0.15) is 0 Å². The lowest BCUT2D eigenvalue weighted by atomic mass is 10.2. The SMILES string of the molecule is CC.COc1nc(N2CCN(C)CC2)nc(C)c1C. The quantitative estimate of drug-likeness (QED) is 0.817. The van der Waals surface area contributed by atoms with E-state index in [1.807, 2.05) is 27.7 Å². The fourth-order valence-electron chi connectivity index (χ4n) is 1.93. The molecule has 1 aliphatic rings. The molecule has 0 amide bonds. The van der Waals surface area contributed by atoms with Crippen molar-refractivity contribution in [2.75, 3.05) is 45.2 Å². The molecule has 5 nitrogen and oxygen atoms in total. The minimum absolute atomic E-state index is 0.687. The van der Waals surface area contributed by atoms with E-state index < -0.39 is 0 Å². The van der Waals surface area contributed by atoms with E-state index in [1.165, 1.54) is 0 Å². The van der Waals surface area contributed by atoms with Gasteiger partial charge in [-0.2, -0.15) is 4.98 Å². The summed E-state index contributed by atoms with van der Waals surface area (Å²) in [6.45, 7) is 12.0. The number of ether oxygens (including phenoxy) is 1. The summed E-state index contributed by atoms with van der Waals surface area (Å²) in [6, 6.07) is 0. The van der Waals surface area contributed by atoms with Crippen LogP contribution >= 0.6 is 0 Å². The minimum Gasteiger partial charge on any atom is -0.481 e. The number of aromatic nitrogens is 2. The van der Waals surface area contributed by atoms with E-state index in [0.29, 0.717) is 5.88 Å². The highest BCUT2D eigenvalue weighted by Gasteiger charge is 2.18. The summed E-state index contributed by atoms with van der Waals surface area (Å²) in [4.78, 5) is 13.6. The van der Waals surface area contributed by atoms with Crippen LogP contribution < -0.4 is 9.64 Å². The zero-order chi connectivity index (χ0) is 14.4. The van der Waals surface area contributed by atoms with Gasteiger partial charge in [-0.3, -0.25) is 0 Å². The van der Waals surface area contributed by atoms with Crippen LogP contribution in [0.3, 0.4) is 0 Å². The van der Waals surface area contributed by atoms with Crippen LogP contribution in [0.25, 0.3) is 0 Å². The van der Waals surface area contributed by atoms with Gasteiger partial charge in [0.05, 0.1) is 7.11 Å². The van der Waals surface area contributed by atoms with Gasteiger partial charge in [0.2, 0.25) is 11.8 Å². The summed E-state index contributed by atoms with van der Waals surface area (Å²) >= 11 is 0. The molecule has 2 rings (SSSR count). The lowest BCUT2D eigenvalue weighted by Crippen LogP contribution is -2.45. The van der Waals surface area contributed by atoms with E-state index in [-0.39, 0.29) is 0 Å². The van der Waals surface area contributed by atoms with Crippen LogP contribution in [-0.2, 0) is 0 Å². The van der Waals surface area contributed by atoms with Crippen molar-refractivity contribution in [3.05, 3.63) is 11.3 Å². The molecule has 1 aromatic rings. The van der Waals surface area contributed by atoms with Gasteiger partial charge >= 0.3 is 0 Å². The average Bonchev–Trinajstić information content (AvgIpc) is 2.45. The molecule has 1 aromatic heterocycles. The molecule has 0 aromatic carbocycles. The maximum atomic E-state index is 5.29. The van der Waals surface area contributed by atoms with Gasteiger partial charge in [-0.05, 0) is 20.9 Å². The topological polar surface area (TPSA) is 41.5 Å². The van der Waals surface area contributed by atoms with Crippen LogP contribution in [0.1, 0.15) is 25.1 Å². The normalized spacial score (nSPS) is 15.8. The number of hydrogen-bond acceptors (Lipinski definition) is 5. The van der Waals surface area contributed by atoms with Gasteiger partial charge < -0.3 is 14.5 Å². The fraction of sp³-hybridized carbons (Fsp3) is 0.714. The van der Waals surface area contributed by atoms with Crippen molar-refractivity contribution >= 4 is 5.95 Å². The van der Waals surface area contributed by atoms with Gasteiger partial charge in [0, 0.05) is 37.4 Å². The maximum Gasteiger partial charge on any atom is 0.228 e. The highest BCUT2D eigenvalue weighted by molar-refractivity contribution is 5.39. The van der Waals surface area contributed by atoms with Crippen LogP contribution in [0.4, 0.5) is 5.95 Å². The second-order valence-electron chi connectivity index (χ2n) is 4.53. The molecule has 5 heteroatoms. The predicted octanol–water partition coefficient (Wildman–Crippen LogP) is 1.88. The first-order valence-electron chi connectivity index (χ1n) is 6.94. The van der Waals surface area contributed by atoms with E-state index in [0.717, 1.165) is 43.4 Å². The predicted molar refractivity (Wildman–Crippen MR) is 79.1 cm³/mol. The molecule has 0 N–H and O–H groups in total. The van der Waals surface area contributed by atoms with Crippen LogP contribution in [0.2, 0.25) is 0 Å². The lowest BCUT2D eigenvalue weighted by molar-refractivity contribution is 0.310. The first kappa shape index (κ1) is 15.7. The van der Waals surface area contributed by atoms with Crippen molar-refractivity contribution in [1.29, 1.82) is 0 Å². The van der Waals surface area contributed by atoms with Gasteiger partial charge in [0.15, 0.2) is 0 Å². The Hall–Kier alpha value is -1.36. The second kappa shape index (κ2) is 7.28. The summed E-state index contributed by atoms with van der Waals surface area (Å²) in [5, 5.41) is 0. The molecule has 0 atom stereocenters. The molecule has 2 heterocycles. The molecule has 1 saturated heterocycles. The van der Waals surface area contributed by atoms with Gasteiger partial charge in [0.25, 0.3) is 0 Å². The number of anilines is 1. The number of methoxy groups -OCH3 is 1. The maximum absolute atomic E-state index is 5.29.